The largest absolute Gasteiger partial charge is 0.453 e. The number of aromatic nitrogens is 2. The molecule has 0 saturated heterocycles. The van der Waals surface area contributed by atoms with Crippen LogP contribution in [0.25, 0.3) is 33.3 Å². The van der Waals surface area contributed by atoms with E-state index in [4.69, 9.17) is 14.4 Å². The van der Waals surface area contributed by atoms with E-state index in [1.165, 1.54) is 0 Å². The summed E-state index contributed by atoms with van der Waals surface area (Å²) in [4.78, 5) is 16.2. The minimum atomic E-state index is 0.715. The maximum Gasteiger partial charge on any atom is 0.155 e. The number of nitrogens with zero attached hydrogens (tertiary/aromatic N) is 4. The third-order valence-electron chi connectivity index (χ3n) is 5.45. The summed E-state index contributed by atoms with van der Waals surface area (Å²) in [7, 11) is 0. The zero-order valence-corrected chi connectivity index (χ0v) is 18.9. The monoisotopic (exact) mass is 472 g/mol. The Morgan fingerprint density at radius 1 is 0.935 bits per heavy atom. The lowest BCUT2D eigenvalue weighted by Gasteiger charge is -2.21. The SMILES string of the molecule is CCN(CC)c1ccc2nc3c4ccc(Br)cc4/c(=N/c4ccncc4)cc-3oc2c1. The van der Waals surface area contributed by atoms with Crippen LogP contribution in [0.5, 0.6) is 0 Å². The average Bonchev–Trinajstić information content (AvgIpc) is 2.79. The molecule has 0 amide bonds. The number of rotatable bonds is 4. The van der Waals surface area contributed by atoms with Crippen LogP contribution < -0.4 is 10.3 Å². The van der Waals surface area contributed by atoms with Crippen molar-refractivity contribution in [1.82, 2.24) is 9.97 Å². The van der Waals surface area contributed by atoms with Gasteiger partial charge in [-0.1, -0.05) is 22.0 Å². The lowest BCUT2D eigenvalue weighted by atomic mass is 10.0. The Kier molecular flexibility index (Phi) is 5.16. The quantitative estimate of drug-likeness (QED) is 0.226. The Labute approximate surface area is 188 Å². The van der Waals surface area contributed by atoms with Crippen LogP contribution in [0, 0.1) is 0 Å². The Balaban J connectivity index is 1.82. The topological polar surface area (TPSA) is 54.5 Å². The van der Waals surface area contributed by atoms with Gasteiger partial charge in [0, 0.05) is 58.5 Å². The first-order valence-corrected chi connectivity index (χ1v) is 11.1. The van der Waals surface area contributed by atoms with Gasteiger partial charge in [0.15, 0.2) is 11.3 Å². The van der Waals surface area contributed by atoms with E-state index < -0.39 is 0 Å². The fourth-order valence-electron chi connectivity index (χ4n) is 3.88. The van der Waals surface area contributed by atoms with Gasteiger partial charge in [0.25, 0.3) is 0 Å². The second-order valence-corrected chi connectivity index (χ2v) is 8.20. The van der Waals surface area contributed by atoms with Crippen molar-refractivity contribution in [2.45, 2.75) is 13.8 Å². The number of hydrogen-bond acceptors (Lipinski definition) is 5. The highest BCUT2D eigenvalue weighted by molar-refractivity contribution is 9.10. The molecule has 2 aliphatic rings. The van der Waals surface area contributed by atoms with Gasteiger partial charge in [0.2, 0.25) is 0 Å². The van der Waals surface area contributed by atoms with Gasteiger partial charge in [-0.2, -0.15) is 0 Å². The Bertz CT molecular complexity index is 1420. The minimum absolute atomic E-state index is 0.715. The van der Waals surface area contributed by atoms with Gasteiger partial charge in [-0.25, -0.2) is 9.98 Å². The predicted molar refractivity (Wildman–Crippen MR) is 129 cm³/mol. The maximum atomic E-state index is 6.37. The van der Waals surface area contributed by atoms with Crippen molar-refractivity contribution >= 4 is 49.2 Å². The summed E-state index contributed by atoms with van der Waals surface area (Å²) in [6.45, 7) is 6.19. The van der Waals surface area contributed by atoms with Crippen LogP contribution in [-0.4, -0.2) is 23.1 Å². The van der Waals surface area contributed by atoms with Gasteiger partial charge in [0.1, 0.15) is 11.2 Å². The molecule has 3 aromatic rings. The second kappa shape index (κ2) is 8.12. The van der Waals surface area contributed by atoms with E-state index in [-0.39, 0.29) is 0 Å². The summed E-state index contributed by atoms with van der Waals surface area (Å²) in [6, 6.07) is 18.1. The highest BCUT2D eigenvalue weighted by atomic mass is 79.9. The van der Waals surface area contributed by atoms with Gasteiger partial charge in [-0.05, 0) is 50.2 Å². The van der Waals surface area contributed by atoms with Gasteiger partial charge in [-0.3, -0.25) is 4.98 Å². The predicted octanol–water partition coefficient (Wildman–Crippen LogP) is 6.32. The summed E-state index contributed by atoms with van der Waals surface area (Å²) in [5.74, 6) is 0.715. The third-order valence-corrected chi connectivity index (χ3v) is 5.94. The zero-order chi connectivity index (χ0) is 21.4. The average molecular weight is 473 g/mol. The molecule has 5 nitrogen and oxygen atoms in total. The van der Waals surface area contributed by atoms with Crippen molar-refractivity contribution in [3.8, 4) is 11.5 Å². The smallest absolute Gasteiger partial charge is 0.155 e. The molecule has 5 rings (SSSR count). The van der Waals surface area contributed by atoms with E-state index >= 15 is 0 Å². The molecule has 0 N–H and O–H groups in total. The van der Waals surface area contributed by atoms with Crippen LogP contribution >= 0.6 is 15.9 Å². The van der Waals surface area contributed by atoms with Crippen LogP contribution in [0.15, 0.2) is 80.9 Å². The van der Waals surface area contributed by atoms with Crippen molar-refractivity contribution in [3.63, 3.8) is 0 Å². The van der Waals surface area contributed by atoms with Crippen molar-refractivity contribution in [2.75, 3.05) is 18.0 Å². The van der Waals surface area contributed by atoms with Gasteiger partial charge in [0.05, 0.1) is 11.0 Å². The van der Waals surface area contributed by atoms with Crippen LogP contribution in [0.1, 0.15) is 13.8 Å². The van der Waals surface area contributed by atoms with Crippen LogP contribution in [0.4, 0.5) is 11.4 Å². The third kappa shape index (κ3) is 3.68. The zero-order valence-electron chi connectivity index (χ0n) is 17.3. The molecule has 31 heavy (non-hydrogen) atoms. The van der Waals surface area contributed by atoms with Crippen LogP contribution in [0.3, 0.4) is 0 Å². The molecular weight excluding hydrogens is 452 g/mol. The van der Waals surface area contributed by atoms with E-state index in [0.29, 0.717) is 5.76 Å². The first-order chi connectivity index (χ1) is 15.2. The molecule has 0 unspecified atom stereocenters. The lowest BCUT2D eigenvalue weighted by molar-refractivity contribution is 0.613. The molecule has 6 heteroatoms. The number of benzene rings is 3. The molecule has 0 bridgehead atoms. The molecule has 2 heterocycles. The standard InChI is InChI=1S/C25H21BrN4O/c1-3-30(4-2)18-6-8-21-23(14-18)31-24-15-22(28-17-9-11-27-12-10-17)20-13-16(26)5-7-19(20)25(24)29-21/h5-15H,3-4H2,1-2H3/b28-22+. The number of hydrogen-bond donors (Lipinski definition) is 0. The minimum Gasteiger partial charge on any atom is -0.453 e. The molecular formula is C25H21BrN4O. The molecule has 0 atom stereocenters. The van der Waals surface area contributed by atoms with E-state index in [1.54, 1.807) is 12.4 Å². The maximum absolute atomic E-state index is 6.37. The highest BCUT2D eigenvalue weighted by Crippen LogP contribution is 2.33. The molecule has 0 radical (unpaired) electrons. The van der Waals surface area contributed by atoms with Crippen molar-refractivity contribution in [1.29, 1.82) is 0 Å². The summed E-state index contributed by atoms with van der Waals surface area (Å²) in [5.41, 5.74) is 4.41. The molecule has 1 aliphatic carbocycles. The highest BCUT2D eigenvalue weighted by Gasteiger charge is 2.16. The Hall–Kier alpha value is -3.25. The molecule has 0 saturated carbocycles. The van der Waals surface area contributed by atoms with E-state index in [9.17, 15) is 0 Å². The van der Waals surface area contributed by atoms with Crippen molar-refractivity contribution < 1.29 is 4.42 Å². The number of anilines is 1. The summed E-state index contributed by atoms with van der Waals surface area (Å²) in [5, 5.41) is 2.85. The van der Waals surface area contributed by atoms with Crippen LogP contribution in [-0.2, 0) is 0 Å². The summed E-state index contributed by atoms with van der Waals surface area (Å²) in [6.07, 6.45) is 3.48. The first kappa shape index (κ1) is 19.7. The molecule has 1 aromatic heterocycles. The number of halogens is 1. The normalized spacial score (nSPS) is 12.2. The molecule has 2 aromatic carbocycles. The van der Waals surface area contributed by atoms with Crippen molar-refractivity contribution in [3.05, 3.63) is 76.8 Å². The van der Waals surface area contributed by atoms with E-state index in [0.717, 1.165) is 61.9 Å². The Morgan fingerprint density at radius 3 is 2.52 bits per heavy atom. The second-order valence-electron chi connectivity index (χ2n) is 7.29. The fraction of sp³-hybridized carbons (Fsp3) is 0.160. The van der Waals surface area contributed by atoms with Gasteiger partial charge in [-0.15, -0.1) is 0 Å². The lowest BCUT2D eigenvalue weighted by Crippen LogP contribution is -2.21. The Morgan fingerprint density at radius 2 is 1.74 bits per heavy atom. The molecule has 0 spiro atoms. The van der Waals surface area contributed by atoms with E-state index in [1.807, 2.05) is 30.3 Å². The van der Waals surface area contributed by atoms with Crippen molar-refractivity contribution in [2.24, 2.45) is 4.99 Å². The summed E-state index contributed by atoms with van der Waals surface area (Å²) >= 11 is 3.59. The van der Waals surface area contributed by atoms with Gasteiger partial charge >= 0.3 is 0 Å². The number of fused-ring (bicyclic) bond motifs is 4. The molecule has 1 aliphatic heterocycles. The van der Waals surface area contributed by atoms with E-state index in [2.05, 4.69) is 63.9 Å². The fourth-order valence-corrected chi connectivity index (χ4v) is 4.24. The molecule has 0 fully saturated rings. The van der Waals surface area contributed by atoms with Crippen LogP contribution in [0.2, 0.25) is 0 Å². The molecule has 154 valence electrons. The first-order valence-electron chi connectivity index (χ1n) is 10.3. The van der Waals surface area contributed by atoms with Gasteiger partial charge < -0.3 is 9.32 Å². The number of pyridine rings is 1. The summed E-state index contributed by atoms with van der Waals surface area (Å²) < 4.78 is 7.36.